The number of nitrogens with zero attached hydrogens (tertiary/aromatic N) is 1. The van der Waals surface area contributed by atoms with E-state index in [-0.39, 0.29) is 17.1 Å². The predicted molar refractivity (Wildman–Crippen MR) is 59.4 cm³/mol. The monoisotopic (exact) mass is 283 g/mol. The van der Waals surface area contributed by atoms with Gasteiger partial charge in [-0.25, -0.2) is 10.3 Å². The van der Waals surface area contributed by atoms with Crippen molar-refractivity contribution in [1.82, 2.24) is 4.98 Å². The number of benzene rings is 1. The highest BCUT2D eigenvalue weighted by molar-refractivity contribution is 9.10. The Bertz CT molecular complexity index is 606. The minimum absolute atomic E-state index is 0.0807. The van der Waals surface area contributed by atoms with E-state index in [0.29, 0.717) is 15.4 Å². The quantitative estimate of drug-likeness (QED) is 0.636. The lowest BCUT2D eigenvalue weighted by molar-refractivity contribution is 0.0697. The van der Waals surface area contributed by atoms with Crippen molar-refractivity contribution >= 4 is 38.5 Å². The summed E-state index contributed by atoms with van der Waals surface area (Å²) in [5, 5.41) is 22.0. The largest absolute Gasteiger partial charge is 0.493 e. The highest BCUT2D eigenvalue weighted by Gasteiger charge is 2.16. The Hall–Kier alpha value is -1.89. The zero-order valence-electron chi connectivity index (χ0n) is 7.78. The molecule has 0 saturated heterocycles. The first-order valence-corrected chi connectivity index (χ1v) is 4.99. The van der Waals surface area contributed by atoms with Crippen molar-refractivity contribution < 1.29 is 15.0 Å². The fourth-order valence-corrected chi connectivity index (χ4v) is 2.13. The molecule has 4 N–H and O–H groups in total. The maximum atomic E-state index is 10.8. The van der Waals surface area contributed by atoms with E-state index >= 15 is 0 Å². The normalized spacial score (nSPS) is 10.6. The van der Waals surface area contributed by atoms with Gasteiger partial charge >= 0.3 is 5.97 Å². The maximum absolute atomic E-state index is 10.8. The summed E-state index contributed by atoms with van der Waals surface area (Å²) >= 11 is 3.18. The number of carboxylic acid groups (broad SMARTS) is 1. The van der Waals surface area contributed by atoms with Crippen LogP contribution in [0.5, 0.6) is 5.88 Å². The van der Waals surface area contributed by atoms with E-state index in [9.17, 15) is 9.90 Å². The zero-order chi connectivity index (χ0) is 11.9. The molecule has 0 bridgehead atoms. The minimum atomic E-state index is -1.07. The summed E-state index contributed by atoms with van der Waals surface area (Å²) in [5.74, 6) is -1.32. The van der Waals surface area contributed by atoms with Gasteiger partial charge in [0, 0.05) is 9.86 Å². The molecular weight excluding hydrogens is 278 g/mol. The summed E-state index contributed by atoms with van der Waals surface area (Å²) in [6.45, 7) is 0. The van der Waals surface area contributed by atoms with Gasteiger partial charge in [0.25, 0.3) is 0 Å². The van der Waals surface area contributed by atoms with Crippen LogP contribution in [0, 0.1) is 5.53 Å². The zero-order valence-corrected chi connectivity index (χ0v) is 9.37. The summed E-state index contributed by atoms with van der Waals surface area (Å²) in [6.07, 6.45) is 0. The first-order chi connectivity index (χ1) is 7.54. The number of H-pyrrole nitrogens is 1. The average molecular weight is 284 g/mol. The molecule has 0 amide bonds. The summed E-state index contributed by atoms with van der Waals surface area (Å²) in [7, 11) is 0. The topological polar surface area (TPSA) is 110 Å². The van der Waals surface area contributed by atoms with E-state index in [0.717, 1.165) is 0 Å². The van der Waals surface area contributed by atoms with Crippen LogP contribution in [0.25, 0.3) is 10.9 Å². The van der Waals surface area contributed by atoms with E-state index in [1.807, 2.05) is 0 Å². The van der Waals surface area contributed by atoms with E-state index in [1.165, 1.54) is 12.1 Å². The van der Waals surface area contributed by atoms with Gasteiger partial charge in [0.1, 0.15) is 0 Å². The van der Waals surface area contributed by atoms with Crippen molar-refractivity contribution in [3.63, 3.8) is 0 Å². The molecule has 2 rings (SSSR count). The van der Waals surface area contributed by atoms with Crippen LogP contribution in [0.1, 0.15) is 10.4 Å². The number of rotatable bonds is 2. The molecule has 0 unspecified atom stereocenters. The van der Waals surface area contributed by atoms with Crippen LogP contribution in [0.15, 0.2) is 21.7 Å². The van der Waals surface area contributed by atoms with Crippen LogP contribution >= 0.6 is 15.9 Å². The standard InChI is InChI=1S/C9H6BrN3O3/c10-4-1-3(9(15)16)2-5-6(4)7(13-11)8(14)12-5/h1-2,11-12,14H,(H,15,16). The highest BCUT2D eigenvalue weighted by Crippen LogP contribution is 2.39. The first-order valence-electron chi connectivity index (χ1n) is 4.19. The van der Waals surface area contributed by atoms with Gasteiger partial charge in [-0.3, -0.25) is 0 Å². The molecule has 0 spiro atoms. The van der Waals surface area contributed by atoms with Crippen LogP contribution in [-0.4, -0.2) is 21.2 Å². The van der Waals surface area contributed by atoms with Crippen LogP contribution in [0.3, 0.4) is 0 Å². The van der Waals surface area contributed by atoms with Crippen LogP contribution in [-0.2, 0) is 0 Å². The molecule has 0 aliphatic rings. The Kier molecular flexibility index (Phi) is 2.39. The molecule has 7 heteroatoms. The number of aromatic amines is 1. The fourth-order valence-electron chi connectivity index (χ4n) is 1.48. The lowest BCUT2D eigenvalue weighted by Gasteiger charge is -1.98. The highest BCUT2D eigenvalue weighted by atomic mass is 79.9. The van der Waals surface area contributed by atoms with Crippen molar-refractivity contribution in [2.75, 3.05) is 0 Å². The second-order valence-electron chi connectivity index (χ2n) is 3.12. The Morgan fingerprint density at radius 2 is 2.19 bits per heavy atom. The number of hydrogen-bond acceptors (Lipinski definition) is 4. The van der Waals surface area contributed by atoms with Gasteiger partial charge in [-0.1, -0.05) is 0 Å². The molecule has 82 valence electrons. The number of nitrogens with one attached hydrogen (secondary N) is 2. The Labute approximate surface area is 97.5 Å². The molecule has 1 heterocycles. The Morgan fingerprint density at radius 1 is 1.50 bits per heavy atom. The van der Waals surface area contributed by atoms with Crippen molar-refractivity contribution in [3.05, 3.63) is 22.2 Å². The van der Waals surface area contributed by atoms with Crippen LogP contribution in [0.4, 0.5) is 5.69 Å². The summed E-state index contributed by atoms with van der Waals surface area (Å²) < 4.78 is 0.463. The van der Waals surface area contributed by atoms with E-state index in [1.54, 1.807) is 0 Å². The number of aromatic nitrogens is 1. The van der Waals surface area contributed by atoms with E-state index in [4.69, 9.17) is 10.6 Å². The second kappa shape index (κ2) is 3.60. The molecule has 2 aromatic rings. The molecule has 16 heavy (non-hydrogen) atoms. The lowest BCUT2D eigenvalue weighted by Crippen LogP contribution is -1.95. The molecule has 0 atom stereocenters. The summed E-state index contributed by atoms with van der Waals surface area (Å²) in [5.41, 5.74) is 7.50. The van der Waals surface area contributed by atoms with E-state index in [2.05, 4.69) is 26.0 Å². The van der Waals surface area contributed by atoms with Gasteiger partial charge in [0.15, 0.2) is 5.69 Å². The van der Waals surface area contributed by atoms with Crippen molar-refractivity contribution in [2.45, 2.75) is 0 Å². The first kappa shape index (κ1) is 10.6. The second-order valence-corrected chi connectivity index (χ2v) is 3.97. The van der Waals surface area contributed by atoms with Gasteiger partial charge in [-0.05, 0) is 28.1 Å². The van der Waals surface area contributed by atoms with Gasteiger partial charge in [0.05, 0.1) is 11.1 Å². The Balaban J connectivity index is 2.86. The van der Waals surface area contributed by atoms with Crippen molar-refractivity contribution in [3.8, 4) is 5.88 Å². The van der Waals surface area contributed by atoms with E-state index < -0.39 is 5.97 Å². The number of hydrogen-bond donors (Lipinski definition) is 4. The number of carbonyl (C=O) groups is 1. The van der Waals surface area contributed by atoms with Gasteiger partial charge in [-0.2, -0.15) is 5.11 Å². The van der Waals surface area contributed by atoms with Gasteiger partial charge in [-0.15, -0.1) is 0 Å². The van der Waals surface area contributed by atoms with Crippen molar-refractivity contribution in [1.29, 1.82) is 5.53 Å². The fraction of sp³-hybridized carbons (Fsp3) is 0. The van der Waals surface area contributed by atoms with Gasteiger partial charge in [0.2, 0.25) is 5.88 Å². The number of aromatic carboxylic acids is 1. The third kappa shape index (κ3) is 1.45. The molecule has 6 nitrogen and oxygen atoms in total. The number of carboxylic acids is 1. The third-order valence-corrected chi connectivity index (χ3v) is 2.79. The van der Waals surface area contributed by atoms with Crippen molar-refractivity contribution in [2.24, 2.45) is 5.11 Å². The molecule has 0 fully saturated rings. The lowest BCUT2D eigenvalue weighted by atomic mass is 10.1. The Morgan fingerprint density at radius 3 is 2.75 bits per heavy atom. The maximum Gasteiger partial charge on any atom is 0.335 e. The third-order valence-electron chi connectivity index (χ3n) is 2.16. The molecule has 0 saturated carbocycles. The number of halogens is 1. The molecule has 0 aliphatic carbocycles. The smallest absolute Gasteiger partial charge is 0.335 e. The molecule has 0 aliphatic heterocycles. The predicted octanol–water partition coefficient (Wildman–Crippen LogP) is 3.00. The molecular formula is C9H6BrN3O3. The van der Waals surface area contributed by atoms with Gasteiger partial charge < -0.3 is 15.2 Å². The summed E-state index contributed by atoms with van der Waals surface area (Å²) in [6, 6.07) is 2.77. The molecule has 1 aromatic carbocycles. The number of aromatic hydroxyl groups is 1. The van der Waals surface area contributed by atoms with Crippen LogP contribution in [0.2, 0.25) is 0 Å². The SMILES string of the molecule is N=Nc1c(O)[nH]c2cc(C(=O)O)cc(Br)c12. The minimum Gasteiger partial charge on any atom is -0.493 e. The number of fused-ring (bicyclic) bond motifs is 1. The molecule has 0 radical (unpaired) electrons. The summed E-state index contributed by atoms with van der Waals surface area (Å²) in [4.78, 5) is 13.4. The average Bonchev–Trinajstić information content (AvgIpc) is 2.53. The molecule has 1 aromatic heterocycles. The van der Waals surface area contributed by atoms with Crippen LogP contribution < -0.4 is 0 Å².